The van der Waals surface area contributed by atoms with Gasteiger partial charge in [0.25, 0.3) is 0 Å². The van der Waals surface area contributed by atoms with Gasteiger partial charge in [-0.3, -0.25) is 4.79 Å². The summed E-state index contributed by atoms with van der Waals surface area (Å²) in [5.74, 6) is -2.54. The van der Waals surface area contributed by atoms with Crippen molar-refractivity contribution >= 4 is 5.97 Å². The third-order valence-corrected chi connectivity index (χ3v) is 4.16. The molecular weight excluding hydrogens is 274 g/mol. The van der Waals surface area contributed by atoms with Crippen LogP contribution in [0.2, 0.25) is 0 Å². The minimum absolute atomic E-state index is 0.0684. The number of carboxylic acid groups (broad SMARTS) is 1. The first kappa shape index (κ1) is 17.6. The van der Waals surface area contributed by atoms with Crippen LogP contribution in [-0.4, -0.2) is 11.1 Å². The fourth-order valence-electron chi connectivity index (χ4n) is 3.08. The summed E-state index contributed by atoms with van der Waals surface area (Å²) in [5.41, 5.74) is 0.443. The summed E-state index contributed by atoms with van der Waals surface area (Å²) in [6, 6.07) is 3.98. The number of benzene rings is 1. The van der Waals surface area contributed by atoms with E-state index in [1.807, 2.05) is 13.8 Å². The van der Waals surface area contributed by atoms with Gasteiger partial charge in [-0.2, -0.15) is 0 Å². The molecule has 1 aliphatic rings. The Balaban J connectivity index is 0.00000106. The number of rotatable bonds is 4. The smallest absolute Gasteiger partial charge is 0.303 e. The van der Waals surface area contributed by atoms with Crippen molar-refractivity contribution in [2.24, 2.45) is 0 Å². The Labute approximate surface area is 125 Å². The SMILES string of the molecule is CC.O=C(O)CCC1(c2ccc(F)c(F)c2)CCCCC1. The van der Waals surface area contributed by atoms with E-state index in [1.54, 1.807) is 6.07 Å². The van der Waals surface area contributed by atoms with Gasteiger partial charge in [-0.05, 0) is 42.4 Å². The molecule has 0 bridgehead atoms. The zero-order valence-electron chi connectivity index (χ0n) is 12.8. The Hall–Kier alpha value is -1.45. The molecule has 1 N–H and O–H groups in total. The highest BCUT2D eigenvalue weighted by Crippen LogP contribution is 2.43. The van der Waals surface area contributed by atoms with E-state index in [1.165, 1.54) is 6.07 Å². The molecule has 0 heterocycles. The van der Waals surface area contributed by atoms with Crippen LogP contribution in [0.1, 0.15) is 64.4 Å². The van der Waals surface area contributed by atoms with Gasteiger partial charge in [0.1, 0.15) is 0 Å². The second kappa shape index (κ2) is 8.11. The summed E-state index contributed by atoms with van der Waals surface area (Å²) in [4.78, 5) is 10.8. The normalized spacial score (nSPS) is 16.8. The van der Waals surface area contributed by atoms with Crippen molar-refractivity contribution < 1.29 is 18.7 Å². The summed E-state index contributed by atoms with van der Waals surface area (Å²) < 4.78 is 26.4. The van der Waals surface area contributed by atoms with E-state index < -0.39 is 17.6 Å². The van der Waals surface area contributed by atoms with Crippen molar-refractivity contribution in [1.82, 2.24) is 0 Å². The molecule has 1 aromatic carbocycles. The fraction of sp³-hybridized carbons (Fsp3) is 0.588. The maximum absolute atomic E-state index is 13.4. The van der Waals surface area contributed by atoms with Crippen LogP contribution in [-0.2, 0) is 10.2 Å². The van der Waals surface area contributed by atoms with Crippen LogP contribution < -0.4 is 0 Å². The van der Waals surface area contributed by atoms with Crippen LogP contribution in [0.5, 0.6) is 0 Å². The lowest BCUT2D eigenvalue weighted by molar-refractivity contribution is -0.137. The molecular formula is C17H24F2O2. The van der Waals surface area contributed by atoms with E-state index in [2.05, 4.69) is 0 Å². The van der Waals surface area contributed by atoms with Gasteiger partial charge in [0.2, 0.25) is 0 Å². The van der Waals surface area contributed by atoms with Crippen molar-refractivity contribution in [3.05, 3.63) is 35.4 Å². The number of carbonyl (C=O) groups is 1. The first-order valence-corrected chi connectivity index (χ1v) is 7.71. The molecule has 118 valence electrons. The third-order valence-electron chi connectivity index (χ3n) is 4.16. The topological polar surface area (TPSA) is 37.3 Å². The Bertz CT molecular complexity index is 466. The molecule has 1 fully saturated rings. The van der Waals surface area contributed by atoms with Gasteiger partial charge in [0.05, 0.1) is 0 Å². The first-order valence-electron chi connectivity index (χ1n) is 7.71. The van der Waals surface area contributed by atoms with E-state index >= 15 is 0 Å². The fourth-order valence-corrected chi connectivity index (χ4v) is 3.08. The number of hydrogen-bond acceptors (Lipinski definition) is 1. The molecule has 1 aromatic rings. The molecule has 0 radical (unpaired) electrons. The minimum atomic E-state index is -0.854. The van der Waals surface area contributed by atoms with Gasteiger partial charge < -0.3 is 5.11 Å². The summed E-state index contributed by atoms with van der Waals surface area (Å²) >= 11 is 0. The van der Waals surface area contributed by atoms with Gasteiger partial charge in [-0.1, -0.05) is 39.2 Å². The Morgan fingerprint density at radius 3 is 2.29 bits per heavy atom. The van der Waals surface area contributed by atoms with Crippen molar-refractivity contribution in [2.75, 3.05) is 0 Å². The predicted molar refractivity (Wildman–Crippen MR) is 79.3 cm³/mol. The van der Waals surface area contributed by atoms with E-state index in [0.29, 0.717) is 6.42 Å². The lowest BCUT2D eigenvalue weighted by Crippen LogP contribution is -2.30. The van der Waals surface area contributed by atoms with E-state index in [9.17, 15) is 13.6 Å². The molecule has 0 unspecified atom stereocenters. The summed E-state index contributed by atoms with van der Waals surface area (Å²) in [5, 5.41) is 8.87. The molecule has 21 heavy (non-hydrogen) atoms. The predicted octanol–water partition coefficient (Wildman–Crippen LogP) is 5.06. The highest BCUT2D eigenvalue weighted by atomic mass is 19.2. The lowest BCUT2D eigenvalue weighted by Gasteiger charge is -2.37. The zero-order valence-corrected chi connectivity index (χ0v) is 12.8. The Kier molecular flexibility index (Phi) is 6.79. The van der Waals surface area contributed by atoms with Crippen LogP contribution in [0.4, 0.5) is 8.78 Å². The van der Waals surface area contributed by atoms with Gasteiger partial charge in [0.15, 0.2) is 11.6 Å². The van der Waals surface area contributed by atoms with E-state index in [4.69, 9.17) is 5.11 Å². The average Bonchev–Trinajstić information content (AvgIpc) is 2.51. The molecule has 2 nitrogen and oxygen atoms in total. The molecule has 1 aliphatic carbocycles. The van der Waals surface area contributed by atoms with Gasteiger partial charge in [0, 0.05) is 6.42 Å². The largest absolute Gasteiger partial charge is 0.481 e. The number of halogens is 2. The lowest BCUT2D eigenvalue weighted by atomic mass is 9.67. The quantitative estimate of drug-likeness (QED) is 0.843. The van der Waals surface area contributed by atoms with Crippen LogP contribution in [0.25, 0.3) is 0 Å². The Morgan fingerprint density at radius 1 is 1.14 bits per heavy atom. The van der Waals surface area contributed by atoms with Crippen molar-refractivity contribution in [2.45, 2.75) is 64.2 Å². The zero-order chi connectivity index (χ0) is 15.9. The summed E-state index contributed by atoms with van der Waals surface area (Å²) in [6.07, 6.45) is 5.42. The highest BCUT2D eigenvalue weighted by Gasteiger charge is 2.34. The molecule has 0 spiro atoms. The minimum Gasteiger partial charge on any atom is -0.481 e. The van der Waals surface area contributed by atoms with Gasteiger partial charge in [-0.25, -0.2) is 8.78 Å². The second-order valence-electron chi connectivity index (χ2n) is 5.36. The molecule has 0 aromatic heterocycles. The molecule has 0 saturated heterocycles. The molecule has 0 aliphatic heterocycles. The van der Waals surface area contributed by atoms with E-state index in [-0.39, 0.29) is 11.8 Å². The molecule has 2 rings (SSSR count). The summed E-state index contributed by atoms with van der Waals surface area (Å²) in [7, 11) is 0. The molecule has 4 heteroatoms. The van der Waals surface area contributed by atoms with Crippen LogP contribution in [0, 0.1) is 11.6 Å². The standard InChI is InChI=1S/C15H18F2O2.C2H6/c16-12-5-4-11(10-13(12)17)15(9-6-14(18)19)7-2-1-3-8-15;1-2/h4-5,10H,1-3,6-9H2,(H,18,19);1-2H3. The van der Waals surface area contributed by atoms with E-state index in [0.717, 1.165) is 43.7 Å². The highest BCUT2D eigenvalue weighted by molar-refractivity contribution is 5.66. The number of carboxylic acids is 1. The summed E-state index contributed by atoms with van der Waals surface area (Å²) in [6.45, 7) is 4.00. The molecule has 0 atom stereocenters. The average molecular weight is 298 g/mol. The van der Waals surface area contributed by atoms with Crippen molar-refractivity contribution in [3.63, 3.8) is 0 Å². The van der Waals surface area contributed by atoms with Crippen LogP contribution in [0.15, 0.2) is 18.2 Å². The monoisotopic (exact) mass is 298 g/mol. The maximum Gasteiger partial charge on any atom is 0.303 e. The van der Waals surface area contributed by atoms with Gasteiger partial charge in [-0.15, -0.1) is 0 Å². The second-order valence-corrected chi connectivity index (χ2v) is 5.36. The van der Waals surface area contributed by atoms with Crippen molar-refractivity contribution in [3.8, 4) is 0 Å². The Morgan fingerprint density at radius 2 is 1.76 bits per heavy atom. The molecule has 1 saturated carbocycles. The number of aliphatic carboxylic acids is 1. The van der Waals surface area contributed by atoms with Crippen LogP contribution >= 0.6 is 0 Å². The third kappa shape index (κ3) is 4.51. The maximum atomic E-state index is 13.4. The number of hydrogen-bond donors (Lipinski definition) is 1. The molecule has 0 amide bonds. The van der Waals surface area contributed by atoms with Gasteiger partial charge >= 0.3 is 5.97 Å². The van der Waals surface area contributed by atoms with Crippen LogP contribution in [0.3, 0.4) is 0 Å². The van der Waals surface area contributed by atoms with Crippen molar-refractivity contribution in [1.29, 1.82) is 0 Å². The first-order chi connectivity index (χ1) is 10.0.